The lowest BCUT2D eigenvalue weighted by Crippen LogP contribution is -2.26. The molecule has 1 saturated heterocycles. The molecular weight excluding hydrogens is 431 g/mol. The van der Waals surface area contributed by atoms with Crippen molar-refractivity contribution in [2.45, 2.75) is 25.2 Å². The minimum Gasteiger partial charge on any atom is -0.508 e. The number of halogens is 1. The molecule has 0 amide bonds. The number of benzene rings is 2. The van der Waals surface area contributed by atoms with Crippen LogP contribution < -0.4 is 11.1 Å². The van der Waals surface area contributed by atoms with Gasteiger partial charge in [-0.1, -0.05) is 12.1 Å². The highest BCUT2D eigenvalue weighted by atomic mass is 19.1. The molecular formula is C26H25FN6O. The zero-order valence-electron chi connectivity index (χ0n) is 18.5. The van der Waals surface area contributed by atoms with Gasteiger partial charge in [-0.15, -0.1) is 0 Å². The van der Waals surface area contributed by atoms with Gasteiger partial charge in [0.25, 0.3) is 0 Å². The van der Waals surface area contributed by atoms with Crippen molar-refractivity contribution in [3.05, 3.63) is 82.6 Å². The van der Waals surface area contributed by atoms with Crippen molar-refractivity contribution in [3.8, 4) is 17.3 Å². The molecule has 1 aliphatic heterocycles. The van der Waals surface area contributed by atoms with E-state index in [0.717, 1.165) is 54.3 Å². The van der Waals surface area contributed by atoms with Crippen LogP contribution in [-0.4, -0.2) is 38.4 Å². The van der Waals surface area contributed by atoms with Crippen molar-refractivity contribution in [2.75, 3.05) is 13.1 Å². The zero-order valence-corrected chi connectivity index (χ0v) is 18.5. The van der Waals surface area contributed by atoms with Crippen molar-refractivity contribution >= 4 is 16.5 Å². The highest BCUT2D eigenvalue weighted by Gasteiger charge is 2.23. The molecule has 2 aliphatic rings. The first-order valence-electron chi connectivity index (χ1n) is 11.5. The van der Waals surface area contributed by atoms with Gasteiger partial charge in [0.1, 0.15) is 17.3 Å². The number of nitrogens with zero attached hydrogens (tertiary/aromatic N) is 2. The van der Waals surface area contributed by atoms with Crippen molar-refractivity contribution < 1.29 is 9.50 Å². The highest BCUT2D eigenvalue weighted by Crippen LogP contribution is 2.35. The number of rotatable bonds is 3. The van der Waals surface area contributed by atoms with Crippen molar-refractivity contribution in [1.82, 2.24) is 25.5 Å². The summed E-state index contributed by atoms with van der Waals surface area (Å²) in [7, 11) is 0. The van der Waals surface area contributed by atoms with Gasteiger partial charge in [0.15, 0.2) is 5.82 Å². The summed E-state index contributed by atoms with van der Waals surface area (Å²) < 4.78 is 14.1. The van der Waals surface area contributed by atoms with E-state index in [4.69, 9.17) is 10.7 Å². The minimum absolute atomic E-state index is 0.141. The number of aromatic nitrogens is 4. The second kappa shape index (κ2) is 8.14. The molecule has 8 heteroatoms. The Kier molecular flexibility index (Phi) is 4.95. The van der Waals surface area contributed by atoms with E-state index in [0.29, 0.717) is 40.7 Å². The first-order chi connectivity index (χ1) is 16.5. The fourth-order valence-corrected chi connectivity index (χ4v) is 4.99. The Labute approximate surface area is 195 Å². The fourth-order valence-electron chi connectivity index (χ4n) is 4.99. The average molecular weight is 457 g/mol. The van der Waals surface area contributed by atoms with E-state index in [2.05, 4.69) is 38.7 Å². The summed E-state index contributed by atoms with van der Waals surface area (Å²) in [5.74, 6) is 0.498. The fraction of sp³-hybridized carbons (Fsp3) is 0.231. The second-order valence-electron chi connectivity index (χ2n) is 9.01. The molecule has 0 bridgehead atoms. The number of phenols is 1. The van der Waals surface area contributed by atoms with E-state index in [1.807, 2.05) is 6.08 Å². The maximum absolute atomic E-state index is 14.1. The van der Waals surface area contributed by atoms with Crippen LogP contribution in [0.3, 0.4) is 0 Å². The van der Waals surface area contributed by atoms with Crippen LogP contribution in [0.4, 0.5) is 4.39 Å². The first kappa shape index (κ1) is 20.7. The molecule has 6 N–H and O–H groups in total. The van der Waals surface area contributed by atoms with Gasteiger partial charge >= 0.3 is 0 Å². The van der Waals surface area contributed by atoms with Crippen molar-refractivity contribution in [1.29, 1.82) is 0 Å². The Morgan fingerprint density at radius 2 is 1.88 bits per heavy atom. The van der Waals surface area contributed by atoms with E-state index in [1.165, 1.54) is 17.7 Å². The van der Waals surface area contributed by atoms with Gasteiger partial charge in [0, 0.05) is 34.8 Å². The van der Waals surface area contributed by atoms with E-state index in [1.54, 1.807) is 6.08 Å². The summed E-state index contributed by atoms with van der Waals surface area (Å²) in [6.45, 7) is 2.07. The largest absolute Gasteiger partial charge is 0.508 e. The quantitative estimate of drug-likeness (QED) is 0.318. The molecule has 2 aromatic carbocycles. The third-order valence-corrected chi connectivity index (χ3v) is 6.69. The normalized spacial score (nSPS) is 16.7. The molecule has 0 atom stereocenters. The number of allylic oxidation sites excluding steroid dienone is 3. The molecule has 4 aromatic rings. The van der Waals surface area contributed by atoms with E-state index in [-0.39, 0.29) is 5.75 Å². The van der Waals surface area contributed by atoms with Gasteiger partial charge in [-0.2, -0.15) is 5.10 Å². The van der Waals surface area contributed by atoms with Crippen molar-refractivity contribution in [3.63, 3.8) is 0 Å². The Hall–Kier alpha value is -3.91. The summed E-state index contributed by atoms with van der Waals surface area (Å²) in [5, 5.41) is 22.1. The number of aromatic hydroxyl groups is 1. The molecule has 34 heavy (non-hydrogen) atoms. The molecule has 0 saturated carbocycles. The topological polar surface area (TPSA) is 116 Å². The SMILES string of the molecule is NC1=CC=C(c2cc(O)cc(F)c2)c2nc(-c3n[nH]c4ccc(C5CCNCC5)cc34)[nH]c2C1. The molecule has 0 spiro atoms. The van der Waals surface area contributed by atoms with Gasteiger partial charge in [-0.25, -0.2) is 9.37 Å². The number of H-pyrrole nitrogens is 2. The Morgan fingerprint density at radius 3 is 2.71 bits per heavy atom. The van der Waals surface area contributed by atoms with Crippen LogP contribution in [-0.2, 0) is 6.42 Å². The van der Waals surface area contributed by atoms with Crippen LogP contribution in [0.1, 0.15) is 41.3 Å². The molecule has 1 aliphatic carbocycles. The molecule has 0 radical (unpaired) electrons. The average Bonchev–Trinajstić information content (AvgIpc) is 3.39. The molecule has 1 fully saturated rings. The number of piperidine rings is 1. The van der Waals surface area contributed by atoms with Gasteiger partial charge in [0.05, 0.1) is 11.2 Å². The third-order valence-electron chi connectivity index (χ3n) is 6.69. The van der Waals surface area contributed by atoms with Crippen LogP contribution in [0.25, 0.3) is 28.0 Å². The van der Waals surface area contributed by atoms with Gasteiger partial charge < -0.3 is 21.1 Å². The number of nitrogens with two attached hydrogens (primary N) is 1. The highest BCUT2D eigenvalue weighted by molar-refractivity contribution is 5.92. The number of phenolic OH excluding ortho intramolecular Hbond substituents is 1. The van der Waals surface area contributed by atoms with E-state index < -0.39 is 5.82 Å². The standard InChI is InChI=1S/C26H25FN6O/c27-17-9-16(10-19(34)12-17)20-3-2-18(28)13-23-24(20)31-26(30-23)25-21-11-15(1-4-22(21)32-33-25)14-5-7-29-8-6-14/h1-4,9-12,14,29,34H,5-8,13,28H2,(H,30,31)(H,32,33). The molecule has 3 heterocycles. The van der Waals surface area contributed by atoms with Gasteiger partial charge in [-0.05, 0) is 73.3 Å². The number of aromatic amines is 2. The number of fused-ring (bicyclic) bond motifs is 2. The lowest BCUT2D eigenvalue weighted by atomic mass is 9.89. The summed E-state index contributed by atoms with van der Waals surface area (Å²) in [6.07, 6.45) is 6.33. The maximum atomic E-state index is 14.1. The number of imidazole rings is 1. The van der Waals surface area contributed by atoms with Gasteiger partial charge in [-0.3, -0.25) is 5.10 Å². The summed E-state index contributed by atoms with van der Waals surface area (Å²) >= 11 is 0. The second-order valence-corrected chi connectivity index (χ2v) is 9.01. The van der Waals surface area contributed by atoms with Crippen LogP contribution >= 0.6 is 0 Å². The smallest absolute Gasteiger partial charge is 0.159 e. The predicted molar refractivity (Wildman–Crippen MR) is 130 cm³/mol. The van der Waals surface area contributed by atoms with Crippen molar-refractivity contribution in [2.24, 2.45) is 5.73 Å². The first-order valence-corrected chi connectivity index (χ1v) is 11.5. The summed E-state index contributed by atoms with van der Waals surface area (Å²) in [6, 6.07) is 10.5. The zero-order chi connectivity index (χ0) is 23.2. The number of hydrogen-bond acceptors (Lipinski definition) is 5. The third kappa shape index (κ3) is 3.66. The Morgan fingerprint density at radius 1 is 1.03 bits per heavy atom. The van der Waals surface area contributed by atoms with Crippen LogP contribution in [0.5, 0.6) is 5.75 Å². The number of hydrogen-bond donors (Lipinski definition) is 5. The van der Waals surface area contributed by atoms with Crippen LogP contribution in [0.15, 0.2) is 54.2 Å². The van der Waals surface area contributed by atoms with Gasteiger partial charge in [0.2, 0.25) is 0 Å². The molecule has 6 rings (SSSR count). The number of nitrogens with one attached hydrogen (secondary N) is 3. The minimum atomic E-state index is -0.516. The monoisotopic (exact) mass is 456 g/mol. The Balaban J connectivity index is 1.45. The lowest BCUT2D eigenvalue weighted by Gasteiger charge is -2.23. The summed E-state index contributed by atoms with van der Waals surface area (Å²) in [4.78, 5) is 8.29. The van der Waals surface area contributed by atoms with Crippen LogP contribution in [0, 0.1) is 5.82 Å². The maximum Gasteiger partial charge on any atom is 0.159 e. The molecule has 172 valence electrons. The Bertz CT molecular complexity index is 1440. The molecule has 7 nitrogen and oxygen atoms in total. The molecule has 2 aromatic heterocycles. The summed E-state index contributed by atoms with van der Waals surface area (Å²) in [5.41, 5.74) is 12.6. The predicted octanol–water partition coefficient (Wildman–Crippen LogP) is 4.10. The van der Waals surface area contributed by atoms with E-state index in [9.17, 15) is 9.50 Å². The lowest BCUT2D eigenvalue weighted by molar-refractivity contribution is 0.460. The molecule has 0 unspecified atom stereocenters. The van der Waals surface area contributed by atoms with E-state index >= 15 is 0 Å². The van der Waals surface area contributed by atoms with Crippen LogP contribution in [0.2, 0.25) is 0 Å².